The summed E-state index contributed by atoms with van der Waals surface area (Å²) in [5, 5.41) is 7.52. The molecule has 170 valence electrons. The van der Waals surface area contributed by atoms with Crippen LogP contribution in [0.3, 0.4) is 0 Å². The first kappa shape index (κ1) is 23.3. The van der Waals surface area contributed by atoms with Gasteiger partial charge in [0, 0.05) is 29.4 Å². The number of methoxy groups -OCH3 is 1. The summed E-state index contributed by atoms with van der Waals surface area (Å²) in [7, 11) is 1.60. The minimum absolute atomic E-state index is 0.318. The Morgan fingerprint density at radius 1 is 1.19 bits per heavy atom. The number of nitrogens with zero attached hydrogens (tertiary/aromatic N) is 1. The predicted molar refractivity (Wildman–Crippen MR) is 129 cm³/mol. The van der Waals surface area contributed by atoms with E-state index in [9.17, 15) is 4.79 Å². The number of carbonyl (C=O) groups is 1. The molecule has 0 saturated heterocycles. The maximum Gasteiger partial charge on any atom is 0.252 e. The number of amides is 1. The molecule has 3 rings (SSSR count). The van der Waals surface area contributed by atoms with Gasteiger partial charge in [-0.1, -0.05) is 39.0 Å². The van der Waals surface area contributed by atoms with Gasteiger partial charge < -0.3 is 25.8 Å². The minimum Gasteiger partial charge on any atom is -0.493 e. The average Bonchev–Trinajstić information content (AvgIpc) is 2.78. The van der Waals surface area contributed by atoms with E-state index in [2.05, 4.69) is 42.5 Å². The lowest BCUT2D eigenvalue weighted by molar-refractivity contribution is 0.100. The zero-order chi connectivity index (χ0) is 23.1. The van der Waals surface area contributed by atoms with E-state index >= 15 is 0 Å². The molecule has 0 unspecified atom stereocenters. The van der Waals surface area contributed by atoms with E-state index in [0.29, 0.717) is 40.9 Å². The second kappa shape index (κ2) is 10.8. The van der Waals surface area contributed by atoms with Crippen LogP contribution in [0.25, 0.3) is 10.9 Å². The van der Waals surface area contributed by atoms with Crippen LogP contribution in [0.15, 0.2) is 42.6 Å². The average molecular weight is 437 g/mol. The van der Waals surface area contributed by atoms with E-state index in [1.807, 2.05) is 30.3 Å². The number of hydrogen-bond acceptors (Lipinski definition) is 6. The molecule has 1 heterocycles. The second-order valence-electron chi connectivity index (χ2n) is 7.88. The summed E-state index contributed by atoms with van der Waals surface area (Å²) in [6, 6.07) is 12.1. The SMILES string of the molecule is CCc1ccccc1Nc1c(C(N)=O)cnc2cc(OCCCNC(C)C)c(OC)cc12. The number of carbonyl (C=O) groups excluding carboxylic acids is 1. The van der Waals surface area contributed by atoms with Gasteiger partial charge in [-0.15, -0.1) is 0 Å². The number of ether oxygens (including phenoxy) is 2. The highest BCUT2D eigenvalue weighted by molar-refractivity contribution is 6.08. The topological polar surface area (TPSA) is 98.5 Å². The number of benzene rings is 2. The number of aryl methyl sites for hydroxylation is 1. The molecule has 7 nitrogen and oxygen atoms in total. The molecular formula is C25H32N4O3. The van der Waals surface area contributed by atoms with Gasteiger partial charge in [0.1, 0.15) is 0 Å². The summed E-state index contributed by atoms with van der Waals surface area (Å²) in [5.74, 6) is 0.640. The fraction of sp³-hybridized carbons (Fsp3) is 0.360. The number of nitrogens with one attached hydrogen (secondary N) is 2. The van der Waals surface area contributed by atoms with Crippen molar-refractivity contribution in [2.75, 3.05) is 25.6 Å². The first-order valence-corrected chi connectivity index (χ1v) is 11.0. The van der Waals surface area contributed by atoms with E-state index in [1.165, 1.54) is 6.20 Å². The van der Waals surface area contributed by atoms with Crippen LogP contribution in [0.4, 0.5) is 11.4 Å². The molecule has 2 aromatic carbocycles. The standard InChI is InChI=1S/C25H32N4O3/c1-5-17-9-6-7-10-20(17)29-24-18-13-22(31-4)23(32-12-8-11-27-16(2)3)14-21(18)28-15-19(24)25(26)30/h6-7,9-10,13-16,27H,5,8,11-12H2,1-4H3,(H2,26,30)(H,28,29). The fourth-order valence-corrected chi connectivity index (χ4v) is 3.52. The van der Waals surface area contributed by atoms with E-state index in [4.69, 9.17) is 15.2 Å². The third-order valence-corrected chi connectivity index (χ3v) is 5.21. The van der Waals surface area contributed by atoms with Crippen LogP contribution in [0.2, 0.25) is 0 Å². The van der Waals surface area contributed by atoms with Crippen molar-refractivity contribution in [3.05, 3.63) is 53.7 Å². The van der Waals surface area contributed by atoms with Crippen molar-refractivity contribution in [1.82, 2.24) is 10.3 Å². The second-order valence-corrected chi connectivity index (χ2v) is 7.88. The molecule has 0 aliphatic rings. The highest BCUT2D eigenvalue weighted by atomic mass is 16.5. The van der Waals surface area contributed by atoms with E-state index in [1.54, 1.807) is 7.11 Å². The van der Waals surface area contributed by atoms with Crippen molar-refractivity contribution in [1.29, 1.82) is 0 Å². The van der Waals surface area contributed by atoms with Gasteiger partial charge in [-0.3, -0.25) is 9.78 Å². The summed E-state index contributed by atoms with van der Waals surface area (Å²) in [6.07, 6.45) is 3.23. The van der Waals surface area contributed by atoms with Gasteiger partial charge in [0.15, 0.2) is 11.5 Å². The molecular weight excluding hydrogens is 404 g/mol. The van der Waals surface area contributed by atoms with Crippen molar-refractivity contribution >= 4 is 28.2 Å². The number of anilines is 2. The van der Waals surface area contributed by atoms with Crippen molar-refractivity contribution < 1.29 is 14.3 Å². The maximum atomic E-state index is 12.2. The molecule has 3 aromatic rings. The predicted octanol–water partition coefficient (Wildman–Crippen LogP) is 4.42. The molecule has 0 spiro atoms. The third kappa shape index (κ3) is 5.48. The normalized spacial score (nSPS) is 11.0. The van der Waals surface area contributed by atoms with Gasteiger partial charge in [0.2, 0.25) is 0 Å². The molecule has 0 radical (unpaired) electrons. The van der Waals surface area contributed by atoms with Gasteiger partial charge >= 0.3 is 0 Å². The molecule has 32 heavy (non-hydrogen) atoms. The number of fused-ring (bicyclic) bond motifs is 1. The zero-order valence-corrected chi connectivity index (χ0v) is 19.2. The van der Waals surface area contributed by atoms with Crippen LogP contribution in [0.5, 0.6) is 11.5 Å². The number of nitrogens with two attached hydrogens (primary N) is 1. The van der Waals surface area contributed by atoms with Crippen LogP contribution in [0.1, 0.15) is 43.1 Å². The lowest BCUT2D eigenvalue weighted by atomic mass is 10.1. The van der Waals surface area contributed by atoms with Gasteiger partial charge in [0.25, 0.3) is 5.91 Å². The molecule has 0 bridgehead atoms. The van der Waals surface area contributed by atoms with E-state index < -0.39 is 5.91 Å². The van der Waals surface area contributed by atoms with Crippen LogP contribution >= 0.6 is 0 Å². The van der Waals surface area contributed by atoms with Crippen molar-refractivity contribution in [2.45, 2.75) is 39.7 Å². The summed E-state index contributed by atoms with van der Waals surface area (Å²) < 4.78 is 11.6. The maximum absolute atomic E-state index is 12.2. The number of aromatic nitrogens is 1. The van der Waals surface area contributed by atoms with Gasteiger partial charge in [-0.25, -0.2) is 0 Å². The Balaban J connectivity index is 1.98. The Morgan fingerprint density at radius 3 is 2.66 bits per heavy atom. The fourth-order valence-electron chi connectivity index (χ4n) is 3.52. The van der Waals surface area contributed by atoms with Crippen LogP contribution in [-0.4, -0.2) is 37.2 Å². The highest BCUT2D eigenvalue weighted by Crippen LogP contribution is 2.37. The van der Waals surface area contributed by atoms with Gasteiger partial charge in [-0.2, -0.15) is 0 Å². The van der Waals surface area contributed by atoms with Crippen LogP contribution < -0.4 is 25.8 Å². The highest BCUT2D eigenvalue weighted by Gasteiger charge is 2.17. The number of primary amides is 1. The summed E-state index contributed by atoms with van der Waals surface area (Å²) >= 11 is 0. The van der Waals surface area contributed by atoms with Gasteiger partial charge in [0.05, 0.1) is 30.5 Å². The molecule has 0 saturated carbocycles. The lowest BCUT2D eigenvalue weighted by Gasteiger charge is -2.18. The Labute approximate surface area is 189 Å². The third-order valence-electron chi connectivity index (χ3n) is 5.21. The van der Waals surface area contributed by atoms with E-state index in [0.717, 1.165) is 36.0 Å². The largest absolute Gasteiger partial charge is 0.493 e. The number of rotatable bonds is 11. The number of pyridine rings is 1. The molecule has 0 aliphatic carbocycles. The van der Waals surface area contributed by atoms with Crippen molar-refractivity contribution in [2.24, 2.45) is 5.73 Å². The Hall–Kier alpha value is -3.32. The molecule has 1 amide bonds. The molecule has 0 fully saturated rings. The van der Waals surface area contributed by atoms with Crippen LogP contribution in [0, 0.1) is 0 Å². The summed E-state index contributed by atoms with van der Waals surface area (Å²) in [6.45, 7) is 7.74. The minimum atomic E-state index is -0.548. The Morgan fingerprint density at radius 2 is 1.97 bits per heavy atom. The van der Waals surface area contributed by atoms with Crippen LogP contribution in [-0.2, 0) is 6.42 Å². The monoisotopic (exact) mass is 436 g/mol. The Bertz CT molecular complexity index is 1080. The first-order chi connectivity index (χ1) is 15.4. The van der Waals surface area contributed by atoms with Crippen molar-refractivity contribution in [3.8, 4) is 11.5 Å². The zero-order valence-electron chi connectivity index (χ0n) is 19.2. The molecule has 7 heteroatoms. The van der Waals surface area contributed by atoms with E-state index in [-0.39, 0.29) is 0 Å². The summed E-state index contributed by atoms with van der Waals surface area (Å²) in [5.41, 5.74) is 9.32. The molecule has 4 N–H and O–H groups in total. The Kier molecular flexibility index (Phi) is 7.89. The van der Waals surface area contributed by atoms with Gasteiger partial charge in [-0.05, 0) is 37.1 Å². The number of hydrogen-bond donors (Lipinski definition) is 3. The molecule has 0 aliphatic heterocycles. The van der Waals surface area contributed by atoms with Crippen molar-refractivity contribution in [3.63, 3.8) is 0 Å². The smallest absolute Gasteiger partial charge is 0.252 e. The number of para-hydroxylation sites is 1. The summed E-state index contributed by atoms with van der Waals surface area (Å²) in [4.78, 5) is 16.6. The quantitative estimate of drug-likeness (QED) is 0.385. The molecule has 1 aromatic heterocycles. The lowest BCUT2D eigenvalue weighted by Crippen LogP contribution is -2.24. The molecule has 0 atom stereocenters. The first-order valence-electron chi connectivity index (χ1n) is 11.0.